The van der Waals surface area contributed by atoms with Crippen molar-refractivity contribution < 1.29 is 19.4 Å². The van der Waals surface area contributed by atoms with E-state index in [1.54, 1.807) is 36.4 Å². The fourth-order valence-electron chi connectivity index (χ4n) is 3.62. The summed E-state index contributed by atoms with van der Waals surface area (Å²) in [6, 6.07) is 10.3. The second-order valence-corrected chi connectivity index (χ2v) is 9.66. The van der Waals surface area contributed by atoms with Crippen LogP contribution < -0.4 is 15.4 Å². The Kier molecular flexibility index (Phi) is 9.40. The number of hydrogen-bond donors (Lipinski definition) is 3. The zero-order chi connectivity index (χ0) is 24.0. The molecule has 0 spiro atoms. The monoisotopic (exact) mass is 557 g/mol. The molecule has 0 bridgehead atoms. The number of aliphatic hydroxyl groups excluding tert-OH is 1. The lowest BCUT2D eigenvalue weighted by molar-refractivity contribution is -0.114. The number of carbonyl (C=O) groups excluding carboxylic acids is 2. The van der Waals surface area contributed by atoms with E-state index in [0.29, 0.717) is 38.1 Å². The second kappa shape index (κ2) is 12.0. The summed E-state index contributed by atoms with van der Waals surface area (Å²) in [5, 5.41) is 16.8. The van der Waals surface area contributed by atoms with E-state index < -0.39 is 6.10 Å². The van der Waals surface area contributed by atoms with Gasteiger partial charge in [-0.15, -0.1) is 0 Å². The minimum Gasteiger partial charge on any atom is -0.490 e. The van der Waals surface area contributed by atoms with Crippen molar-refractivity contribution in [2.45, 2.75) is 32.0 Å². The number of likely N-dealkylation sites (tertiary alicyclic amines) is 1. The standard InChI is InChI=1S/C23H26BrCl2N3O4/c1-14(30)28-22-5-2-15(24)10-19(22)23(32)27-12-16(31)13-29-8-6-17(7-9-29)33-18-3-4-20(25)21(26)11-18/h2-5,10-11,16-17,31H,6-9,12-13H2,1H3,(H,27,32)(H,28,30). The van der Waals surface area contributed by atoms with Crippen molar-refractivity contribution in [1.82, 2.24) is 10.2 Å². The number of rotatable bonds is 8. The molecular weight excluding hydrogens is 533 g/mol. The van der Waals surface area contributed by atoms with Crippen molar-refractivity contribution in [2.24, 2.45) is 0 Å². The number of nitrogens with one attached hydrogen (secondary N) is 2. The highest BCUT2D eigenvalue weighted by Gasteiger charge is 2.23. The van der Waals surface area contributed by atoms with Gasteiger partial charge in [-0.05, 0) is 43.2 Å². The number of aliphatic hydroxyl groups is 1. The molecule has 2 amide bonds. The summed E-state index contributed by atoms with van der Waals surface area (Å²) in [6.45, 7) is 3.47. The fourth-order valence-corrected chi connectivity index (χ4v) is 4.27. The molecule has 10 heteroatoms. The van der Waals surface area contributed by atoms with E-state index in [1.807, 2.05) is 0 Å². The van der Waals surface area contributed by atoms with E-state index in [1.165, 1.54) is 6.92 Å². The van der Waals surface area contributed by atoms with Gasteiger partial charge in [0.1, 0.15) is 11.9 Å². The summed E-state index contributed by atoms with van der Waals surface area (Å²) < 4.78 is 6.71. The molecule has 1 aliphatic rings. The van der Waals surface area contributed by atoms with Crippen LogP contribution in [0.4, 0.5) is 5.69 Å². The van der Waals surface area contributed by atoms with Gasteiger partial charge < -0.3 is 25.4 Å². The Bertz CT molecular complexity index is 1000. The van der Waals surface area contributed by atoms with Gasteiger partial charge in [-0.3, -0.25) is 9.59 Å². The topological polar surface area (TPSA) is 90.9 Å². The molecule has 1 aliphatic heterocycles. The minimum atomic E-state index is -0.724. The highest BCUT2D eigenvalue weighted by molar-refractivity contribution is 9.10. The molecule has 178 valence electrons. The van der Waals surface area contributed by atoms with Gasteiger partial charge in [0.25, 0.3) is 5.91 Å². The predicted octanol–water partition coefficient (Wildman–Crippen LogP) is 4.35. The minimum absolute atomic E-state index is 0.0686. The molecule has 33 heavy (non-hydrogen) atoms. The zero-order valence-corrected chi connectivity index (χ0v) is 21.2. The Balaban J connectivity index is 1.44. The van der Waals surface area contributed by atoms with Crippen LogP contribution in [0, 0.1) is 0 Å². The highest BCUT2D eigenvalue weighted by atomic mass is 79.9. The summed E-state index contributed by atoms with van der Waals surface area (Å²) in [6.07, 6.45) is 0.978. The van der Waals surface area contributed by atoms with Crippen LogP contribution in [-0.4, -0.2) is 60.2 Å². The number of carbonyl (C=O) groups is 2. The molecule has 0 aromatic heterocycles. The lowest BCUT2D eigenvalue weighted by atomic mass is 10.1. The molecule has 1 unspecified atom stereocenters. The SMILES string of the molecule is CC(=O)Nc1ccc(Br)cc1C(=O)NCC(O)CN1CCC(Oc2ccc(Cl)c(Cl)c2)CC1. The first-order valence-electron chi connectivity index (χ1n) is 10.6. The number of benzene rings is 2. The van der Waals surface area contributed by atoms with Crippen molar-refractivity contribution in [3.8, 4) is 5.75 Å². The average Bonchev–Trinajstić information content (AvgIpc) is 2.77. The van der Waals surface area contributed by atoms with Gasteiger partial charge in [0.15, 0.2) is 0 Å². The predicted molar refractivity (Wildman–Crippen MR) is 133 cm³/mol. The van der Waals surface area contributed by atoms with Crippen LogP contribution in [0.15, 0.2) is 40.9 Å². The number of amides is 2. The van der Waals surface area contributed by atoms with Gasteiger partial charge >= 0.3 is 0 Å². The van der Waals surface area contributed by atoms with Gasteiger partial charge in [0.05, 0.1) is 27.4 Å². The van der Waals surface area contributed by atoms with E-state index in [4.69, 9.17) is 27.9 Å². The fraction of sp³-hybridized carbons (Fsp3) is 0.391. The summed E-state index contributed by atoms with van der Waals surface area (Å²) >= 11 is 15.3. The van der Waals surface area contributed by atoms with Crippen LogP contribution in [-0.2, 0) is 4.79 Å². The van der Waals surface area contributed by atoms with Crippen molar-refractivity contribution in [2.75, 3.05) is 31.5 Å². The third-order valence-corrected chi connectivity index (χ3v) is 6.46. The molecule has 1 fully saturated rings. The molecule has 1 saturated heterocycles. The summed E-state index contributed by atoms with van der Waals surface area (Å²) in [7, 11) is 0. The van der Waals surface area contributed by atoms with Crippen molar-refractivity contribution >= 4 is 56.6 Å². The van der Waals surface area contributed by atoms with E-state index in [0.717, 1.165) is 25.9 Å². The number of anilines is 1. The van der Waals surface area contributed by atoms with Gasteiger partial charge in [-0.25, -0.2) is 0 Å². The first kappa shape index (κ1) is 25.8. The molecule has 3 N–H and O–H groups in total. The van der Waals surface area contributed by atoms with Crippen LogP contribution in [0.2, 0.25) is 10.0 Å². The van der Waals surface area contributed by atoms with E-state index >= 15 is 0 Å². The molecule has 3 rings (SSSR count). The number of ether oxygens (including phenoxy) is 1. The Morgan fingerprint density at radius 3 is 2.58 bits per heavy atom. The molecule has 7 nitrogen and oxygen atoms in total. The number of piperidine rings is 1. The van der Waals surface area contributed by atoms with Crippen LogP contribution in [0.1, 0.15) is 30.1 Å². The molecule has 2 aromatic carbocycles. The Morgan fingerprint density at radius 2 is 1.91 bits per heavy atom. The Labute approximate surface area is 211 Å². The van der Waals surface area contributed by atoms with Crippen LogP contribution in [0.3, 0.4) is 0 Å². The van der Waals surface area contributed by atoms with Crippen LogP contribution >= 0.6 is 39.1 Å². The number of nitrogens with zero attached hydrogens (tertiary/aromatic N) is 1. The largest absolute Gasteiger partial charge is 0.490 e. The molecule has 0 aliphatic carbocycles. The van der Waals surface area contributed by atoms with Gasteiger partial charge in [0.2, 0.25) is 5.91 Å². The maximum atomic E-state index is 12.6. The smallest absolute Gasteiger partial charge is 0.253 e. The normalized spacial score (nSPS) is 15.7. The lowest BCUT2D eigenvalue weighted by Crippen LogP contribution is -2.45. The molecule has 1 heterocycles. The third-order valence-electron chi connectivity index (χ3n) is 5.23. The van der Waals surface area contributed by atoms with E-state index in [2.05, 4.69) is 31.5 Å². The van der Waals surface area contributed by atoms with Crippen LogP contribution in [0.5, 0.6) is 5.75 Å². The maximum Gasteiger partial charge on any atom is 0.253 e. The summed E-state index contributed by atoms with van der Waals surface area (Å²) in [5.41, 5.74) is 0.744. The Hall–Kier alpha value is -1.84. The van der Waals surface area contributed by atoms with Crippen LogP contribution in [0.25, 0.3) is 0 Å². The molecule has 0 radical (unpaired) electrons. The molecule has 1 atom stereocenters. The molecular formula is C23H26BrCl2N3O4. The number of halogens is 3. The van der Waals surface area contributed by atoms with E-state index in [9.17, 15) is 14.7 Å². The van der Waals surface area contributed by atoms with E-state index in [-0.39, 0.29) is 24.5 Å². The summed E-state index contributed by atoms with van der Waals surface area (Å²) in [4.78, 5) is 26.2. The van der Waals surface area contributed by atoms with Gasteiger partial charge in [-0.1, -0.05) is 39.1 Å². The average molecular weight is 559 g/mol. The first-order valence-corrected chi connectivity index (χ1v) is 12.1. The zero-order valence-electron chi connectivity index (χ0n) is 18.1. The highest BCUT2D eigenvalue weighted by Crippen LogP contribution is 2.28. The Morgan fingerprint density at radius 1 is 1.18 bits per heavy atom. The summed E-state index contributed by atoms with van der Waals surface area (Å²) in [5.74, 6) is 0.0579. The molecule has 2 aromatic rings. The molecule has 0 saturated carbocycles. The van der Waals surface area contributed by atoms with Crippen molar-refractivity contribution in [1.29, 1.82) is 0 Å². The second-order valence-electron chi connectivity index (χ2n) is 7.93. The number of β-amino-alcohol motifs (C(OH)–C–C–N with tert-alkyl or cyclic N) is 1. The van der Waals surface area contributed by atoms with Gasteiger partial charge in [-0.2, -0.15) is 0 Å². The van der Waals surface area contributed by atoms with Crippen molar-refractivity contribution in [3.05, 3.63) is 56.5 Å². The maximum absolute atomic E-state index is 12.6. The van der Waals surface area contributed by atoms with Crippen molar-refractivity contribution in [3.63, 3.8) is 0 Å². The quantitative estimate of drug-likeness (QED) is 0.448. The third kappa shape index (κ3) is 7.86. The first-order chi connectivity index (χ1) is 15.7. The van der Waals surface area contributed by atoms with Gasteiger partial charge in [0, 0.05) is 43.6 Å². The lowest BCUT2D eigenvalue weighted by Gasteiger charge is -2.33. The number of hydrogen-bond acceptors (Lipinski definition) is 5.